The fourth-order valence-corrected chi connectivity index (χ4v) is 6.33. The summed E-state index contributed by atoms with van der Waals surface area (Å²) >= 11 is 0. The van der Waals surface area contributed by atoms with Crippen LogP contribution in [0.25, 0.3) is 0 Å². The third kappa shape index (κ3) is 3.27. The molecule has 1 aliphatic rings. The molecule has 106 valence electrons. The molecule has 0 aromatic heterocycles. The number of aryl methyl sites for hydroxylation is 2. The van der Waals surface area contributed by atoms with E-state index in [4.69, 9.17) is 0 Å². The smallest absolute Gasteiger partial charge is 0.236 e. The molecule has 0 spiro atoms. The molecular weight excluding hydrogens is 286 g/mol. The van der Waals surface area contributed by atoms with Gasteiger partial charge in [0, 0.05) is 0 Å². The molecule has 0 unspecified atom stereocenters. The summed E-state index contributed by atoms with van der Waals surface area (Å²) in [7, 11) is -6.86. The van der Waals surface area contributed by atoms with Gasteiger partial charge in [0.2, 0.25) is 10.0 Å². The molecule has 5 nitrogen and oxygen atoms in total. The second-order valence-corrected chi connectivity index (χ2v) is 9.18. The highest BCUT2D eigenvalue weighted by molar-refractivity contribution is 7.97. The van der Waals surface area contributed by atoms with Crippen LogP contribution in [-0.4, -0.2) is 33.6 Å². The van der Waals surface area contributed by atoms with E-state index in [0.717, 1.165) is 11.1 Å². The maximum atomic E-state index is 12.2. The van der Waals surface area contributed by atoms with Crippen molar-refractivity contribution in [3.8, 4) is 0 Å². The minimum atomic E-state index is -3.65. The monoisotopic (exact) mass is 303 g/mol. The highest BCUT2D eigenvalue weighted by Gasteiger charge is 2.37. The zero-order valence-electron chi connectivity index (χ0n) is 10.9. The highest BCUT2D eigenvalue weighted by atomic mass is 32.2. The van der Waals surface area contributed by atoms with Crippen LogP contribution in [-0.2, 0) is 19.9 Å². The van der Waals surface area contributed by atoms with E-state index in [0.29, 0.717) is 5.69 Å². The minimum absolute atomic E-state index is 0.0501. The molecular formula is C12H17NO4S2. The number of anilines is 1. The maximum absolute atomic E-state index is 12.2. The van der Waals surface area contributed by atoms with Gasteiger partial charge in [-0.05, 0) is 31.9 Å². The fourth-order valence-electron chi connectivity index (χ4n) is 2.17. The van der Waals surface area contributed by atoms with Crippen LogP contribution in [0, 0.1) is 13.8 Å². The van der Waals surface area contributed by atoms with Gasteiger partial charge >= 0.3 is 0 Å². The van der Waals surface area contributed by atoms with Gasteiger partial charge in [-0.3, -0.25) is 4.72 Å². The lowest BCUT2D eigenvalue weighted by atomic mass is 10.1. The van der Waals surface area contributed by atoms with Gasteiger partial charge in [0.25, 0.3) is 0 Å². The molecule has 7 heteroatoms. The average Bonchev–Trinajstić information content (AvgIpc) is 2.64. The second kappa shape index (κ2) is 4.79. The molecule has 1 N–H and O–H groups in total. The summed E-state index contributed by atoms with van der Waals surface area (Å²) in [6, 6.07) is 5.39. The summed E-state index contributed by atoms with van der Waals surface area (Å²) in [4.78, 5) is 0. The Hall–Kier alpha value is -1.08. The molecule has 2 rings (SSSR count). The lowest BCUT2D eigenvalue weighted by Crippen LogP contribution is -2.29. The van der Waals surface area contributed by atoms with Gasteiger partial charge in [-0.2, -0.15) is 0 Å². The van der Waals surface area contributed by atoms with Gasteiger partial charge in [-0.1, -0.05) is 17.7 Å². The Morgan fingerprint density at radius 1 is 1.26 bits per heavy atom. The summed E-state index contributed by atoms with van der Waals surface area (Å²) in [5.74, 6) is -0.335. The molecule has 0 bridgehead atoms. The summed E-state index contributed by atoms with van der Waals surface area (Å²) in [5.41, 5.74) is 2.38. The van der Waals surface area contributed by atoms with E-state index in [1.54, 1.807) is 6.07 Å². The molecule has 1 heterocycles. The Bertz CT molecular complexity index is 692. The van der Waals surface area contributed by atoms with E-state index in [-0.39, 0.29) is 17.9 Å². The summed E-state index contributed by atoms with van der Waals surface area (Å²) < 4.78 is 49.5. The number of nitrogens with one attached hydrogen (secondary N) is 1. The Morgan fingerprint density at radius 3 is 2.47 bits per heavy atom. The Labute approximate surface area is 114 Å². The molecule has 0 aliphatic carbocycles. The molecule has 1 saturated heterocycles. The van der Waals surface area contributed by atoms with Crippen molar-refractivity contribution in [2.75, 3.05) is 16.2 Å². The predicted molar refractivity (Wildman–Crippen MR) is 75.5 cm³/mol. The zero-order valence-corrected chi connectivity index (χ0v) is 12.5. The van der Waals surface area contributed by atoms with Gasteiger partial charge < -0.3 is 0 Å². The van der Waals surface area contributed by atoms with E-state index in [1.807, 2.05) is 26.0 Å². The van der Waals surface area contributed by atoms with Crippen molar-refractivity contribution in [2.24, 2.45) is 0 Å². The van der Waals surface area contributed by atoms with Crippen molar-refractivity contribution >= 4 is 25.5 Å². The van der Waals surface area contributed by atoms with E-state index < -0.39 is 25.1 Å². The third-order valence-electron chi connectivity index (χ3n) is 3.26. The van der Waals surface area contributed by atoms with Gasteiger partial charge in [0.15, 0.2) is 9.84 Å². The molecule has 1 aromatic rings. The molecule has 19 heavy (non-hydrogen) atoms. The van der Waals surface area contributed by atoms with E-state index in [2.05, 4.69) is 4.72 Å². The number of rotatable bonds is 3. The molecule has 0 radical (unpaired) electrons. The SMILES string of the molecule is Cc1ccc(NS(=O)(=O)[C@@H]2CCS(=O)(=O)C2)c(C)c1. The van der Waals surface area contributed by atoms with Gasteiger partial charge in [-0.15, -0.1) is 0 Å². The Kier molecular flexibility index (Phi) is 3.61. The normalized spacial score (nSPS) is 22.3. The van der Waals surface area contributed by atoms with Crippen molar-refractivity contribution in [3.05, 3.63) is 29.3 Å². The second-order valence-electron chi connectivity index (χ2n) is 4.99. The van der Waals surface area contributed by atoms with Crippen molar-refractivity contribution in [1.82, 2.24) is 0 Å². The average molecular weight is 303 g/mol. The lowest BCUT2D eigenvalue weighted by molar-refractivity contribution is 0.587. The number of hydrogen-bond acceptors (Lipinski definition) is 4. The predicted octanol–water partition coefficient (Wildman–Crippen LogP) is 1.23. The molecule has 1 fully saturated rings. The Balaban J connectivity index is 2.23. The molecule has 1 aliphatic heterocycles. The Morgan fingerprint density at radius 2 is 1.95 bits per heavy atom. The van der Waals surface area contributed by atoms with Crippen molar-refractivity contribution in [3.63, 3.8) is 0 Å². The first-order chi connectivity index (χ1) is 8.70. The van der Waals surface area contributed by atoms with Crippen molar-refractivity contribution in [2.45, 2.75) is 25.5 Å². The standard InChI is InChI=1S/C12H17NO4S2/c1-9-3-4-12(10(2)7-9)13-19(16,17)11-5-6-18(14,15)8-11/h3-4,7,11,13H,5-6,8H2,1-2H3/t11-/m1/s1. The fraction of sp³-hybridized carbons (Fsp3) is 0.500. The van der Waals surface area contributed by atoms with Crippen LogP contribution < -0.4 is 4.72 Å². The van der Waals surface area contributed by atoms with Crippen molar-refractivity contribution < 1.29 is 16.8 Å². The molecule has 1 aromatic carbocycles. The number of benzene rings is 1. The number of sulfone groups is 1. The molecule has 1 atom stereocenters. The van der Waals surface area contributed by atoms with Gasteiger partial charge in [0.1, 0.15) is 0 Å². The number of sulfonamides is 1. The highest BCUT2D eigenvalue weighted by Crippen LogP contribution is 2.23. The van der Waals surface area contributed by atoms with Gasteiger partial charge in [0.05, 0.1) is 22.4 Å². The van der Waals surface area contributed by atoms with Crippen LogP contribution in [0.2, 0.25) is 0 Å². The van der Waals surface area contributed by atoms with Gasteiger partial charge in [-0.25, -0.2) is 16.8 Å². The van der Waals surface area contributed by atoms with Crippen molar-refractivity contribution in [1.29, 1.82) is 0 Å². The topological polar surface area (TPSA) is 80.3 Å². The van der Waals surface area contributed by atoms with Crippen LogP contribution in [0.1, 0.15) is 17.5 Å². The maximum Gasteiger partial charge on any atom is 0.236 e. The largest absolute Gasteiger partial charge is 0.283 e. The summed E-state index contributed by atoms with van der Waals surface area (Å²) in [6.45, 7) is 3.74. The number of hydrogen-bond donors (Lipinski definition) is 1. The first kappa shape index (κ1) is 14.3. The van der Waals surface area contributed by atoms with Crippen LogP contribution in [0.4, 0.5) is 5.69 Å². The zero-order chi connectivity index (χ0) is 14.3. The van der Waals surface area contributed by atoms with E-state index in [1.165, 1.54) is 0 Å². The molecule has 0 amide bonds. The minimum Gasteiger partial charge on any atom is -0.283 e. The van der Waals surface area contributed by atoms with Crippen LogP contribution >= 0.6 is 0 Å². The van der Waals surface area contributed by atoms with Crippen LogP contribution in [0.5, 0.6) is 0 Å². The van der Waals surface area contributed by atoms with E-state index in [9.17, 15) is 16.8 Å². The van der Waals surface area contributed by atoms with E-state index >= 15 is 0 Å². The lowest BCUT2D eigenvalue weighted by Gasteiger charge is -2.14. The van der Waals surface area contributed by atoms with Crippen LogP contribution in [0.15, 0.2) is 18.2 Å². The first-order valence-electron chi connectivity index (χ1n) is 5.99. The van der Waals surface area contributed by atoms with Crippen LogP contribution in [0.3, 0.4) is 0 Å². The third-order valence-corrected chi connectivity index (χ3v) is 7.03. The summed E-state index contributed by atoms with van der Waals surface area (Å²) in [6.07, 6.45) is 0.169. The quantitative estimate of drug-likeness (QED) is 0.911. The first-order valence-corrected chi connectivity index (χ1v) is 9.36. The summed E-state index contributed by atoms with van der Waals surface area (Å²) in [5, 5.41) is -0.849. The molecule has 0 saturated carbocycles.